The van der Waals surface area contributed by atoms with E-state index in [0.717, 1.165) is 19.0 Å². The summed E-state index contributed by atoms with van der Waals surface area (Å²) in [5.41, 5.74) is 0. The van der Waals surface area contributed by atoms with Crippen molar-refractivity contribution < 1.29 is 4.79 Å². The van der Waals surface area contributed by atoms with Crippen LogP contribution < -0.4 is 5.32 Å². The van der Waals surface area contributed by atoms with Crippen LogP contribution in [0.15, 0.2) is 0 Å². The summed E-state index contributed by atoms with van der Waals surface area (Å²) < 4.78 is 0. The molecule has 3 heterocycles. The van der Waals surface area contributed by atoms with Crippen molar-refractivity contribution in [3.63, 3.8) is 0 Å². The van der Waals surface area contributed by atoms with Crippen LogP contribution in [-0.4, -0.2) is 60.5 Å². The first kappa shape index (κ1) is 17.2. The van der Waals surface area contributed by atoms with E-state index in [-0.39, 0.29) is 0 Å². The molecule has 3 aliphatic rings. The van der Waals surface area contributed by atoms with Gasteiger partial charge in [0.05, 0.1) is 0 Å². The lowest BCUT2D eigenvalue weighted by Gasteiger charge is -2.42. The second-order valence-corrected chi connectivity index (χ2v) is 7.99. The summed E-state index contributed by atoms with van der Waals surface area (Å²) >= 11 is 0. The maximum Gasteiger partial charge on any atom is 0.223 e. The van der Waals surface area contributed by atoms with Gasteiger partial charge in [0, 0.05) is 38.1 Å². The lowest BCUT2D eigenvalue weighted by atomic mass is 9.96. The van der Waals surface area contributed by atoms with Crippen LogP contribution in [0.25, 0.3) is 0 Å². The van der Waals surface area contributed by atoms with Crippen LogP contribution >= 0.6 is 0 Å². The summed E-state index contributed by atoms with van der Waals surface area (Å²) in [6, 6.07) is 1.29. The van der Waals surface area contributed by atoms with Gasteiger partial charge in [0.15, 0.2) is 0 Å². The summed E-state index contributed by atoms with van der Waals surface area (Å²) in [5, 5.41) is 3.46. The summed E-state index contributed by atoms with van der Waals surface area (Å²) in [5.74, 6) is 0.998. The molecule has 3 aliphatic heterocycles. The molecule has 0 spiro atoms. The molecule has 3 rings (SSSR count). The monoisotopic (exact) mass is 321 g/mol. The highest BCUT2D eigenvalue weighted by Gasteiger charge is 2.31. The van der Waals surface area contributed by atoms with E-state index in [1.165, 1.54) is 77.5 Å². The normalized spacial score (nSPS) is 30.7. The molecular formula is C19H35N3O. The van der Waals surface area contributed by atoms with Crippen LogP contribution in [0.4, 0.5) is 0 Å². The first-order valence-electron chi connectivity index (χ1n) is 9.98. The molecule has 3 fully saturated rings. The van der Waals surface area contributed by atoms with Crippen LogP contribution in [0.3, 0.4) is 0 Å². The number of nitrogens with one attached hydrogen (secondary N) is 1. The molecule has 0 aromatic heterocycles. The third kappa shape index (κ3) is 4.69. The number of hydrogen-bond acceptors (Lipinski definition) is 3. The third-order valence-electron chi connectivity index (χ3n) is 6.20. The highest BCUT2D eigenvalue weighted by atomic mass is 16.2. The van der Waals surface area contributed by atoms with Gasteiger partial charge < -0.3 is 15.1 Å². The fourth-order valence-electron chi connectivity index (χ4n) is 4.71. The Balaban J connectivity index is 1.53. The number of likely N-dealkylation sites (tertiary alicyclic amines) is 1. The molecule has 1 amide bonds. The highest BCUT2D eigenvalue weighted by Crippen LogP contribution is 2.25. The van der Waals surface area contributed by atoms with E-state index in [4.69, 9.17) is 0 Å². The van der Waals surface area contributed by atoms with Crippen LogP contribution in [0, 0.1) is 5.92 Å². The van der Waals surface area contributed by atoms with Crippen molar-refractivity contribution >= 4 is 5.91 Å². The van der Waals surface area contributed by atoms with Crippen molar-refractivity contribution in [1.29, 1.82) is 0 Å². The first-order valence-corrected chi connectivity index (χ1v) is 9.98. The largest absolute Gasteiger partial charge is 0.340 e. The van der Waals surface area contributed by atoms with Gasteiger partial charge in [-0.25, -0.2) is 0 Å². The minimum atomic E-state index is 0.430. The lowest BCUT2D eigenvalue weighted by Crippen LogP contribution is -2.52. The van der Waals surface area contributed by atoms with Crippen molar-refractivity contribution in [3.05, 3.63) is 0 Å². The Morgan fingerprint density at radius 3 is 2.35 bits per heavy atom. The Bertz CT molecular complexity index is 373. The van der Waals surface area contributed by atoms with Crippen molar-refractivity contribution in [3.8, 4) is 0 Å². The second-order valence-electron chi connectivity index (χ2n) is 7.99. The molecule has 0 aromatic carbocycles. The molecule has 4 heteroatoms. The molecule has 0 aliphatic carbocycles. The van der Waals surface area contributed by atoms with Gasteiger partial charge in [-0.1, -0.05) is 26.2 Å². The molecule has 0 aromatic rings. The topological polar surface area (TPSA) is 35.6 Å². The van der Waals surface area contributed by atoms with Crippen LogP contribution in [-0.2, 0) is 4.79 Å². The number of piperidine rings is 2. The summed E-state index contributed by atoms with van der Waals surface area (Å²) in [7, 11) is 0. The molecule has 0 unspecified atom stereocenters. The molecule has 4 nitrogen and oxygen atoms in total. The lowest BCUT2D eigenvalue weighted by molar-refractivity contribution is -0.135. The standard InChI is InChI=1S/C19H35N3O/c1-16-5-3-2-4-12-22(19(23)15-16)18-8-13-21(14-9-18)17-6-10-20-11-7-17/h16-18,20H,2-15H2,1H3/t16-/m1/s1. The molecule has 0 saturated carbocycles. The number of rotatable bonds is 2. The summed E-state index contributed by atoms with van der Waals surface area (Å²) in [6.45, 7) is 7.98. The Kier molecular flexibility index (Phi) is 6.35. The van der Waals surface area contributed by atoms with E-state index in [1.54, 1.807) is 0 Å². The van der Waals surface area contributed by atoms with Gasteiger partial charge in [0.1, 0.15) is 0 Å². The predicted octanol–water partition coefficient (Wildman–Crippen LogP) is 2.63. The third-order valence-corrected chi connectivity index (χ3v) is 6.20. The molecule has 132 valence electrons. The number of amides is 1. The second kappa shape index (κ2) is 8.48. The van der Waals surface area contributed by atoms with Crippen molar-refractivity contribution in [2.24, 2.45) is 5.92 Å². The fourth-order valence-corrected chi connectivity index (χ4v) is 4.71. The number of carbonyl (C=O) groups is 1. The minimum Gasteiger partial charge on any atom is -0.340 e. The molecular weight excluding hydrogens is 286 g/mol. The molecule has 1 N–H and O–H groups in total. The average molecular weight is 322 g/mol. The van der Waals surface area contributed by atoms with E-state index in [2.05, 4.69) is 22.0 Å². The van der Waals surface area contributed by atoms with Crippen molar-refractivity contribution in [2.75, 3.05) is 32.7 Å². The van der Waals surface area contributed by atoms with E-state index in [0.29, 0.717) is 17.9 Å². The smallest absolute Gasteiger partial charge is 0.223 e. The number of nitrogens with zero attached hydrogens (tertiary/aromatic N) is 2. The molecule has 3 saturated heterocycles. The maximum atomic E-state index is 12.7. The molecule has 23 heavy (non-hydrogen) atoms. The molecule has 0 radical (unpaired) electrons. The van der Waals surface area contributed by atoms with Gasteiger partial charge in [0.25, 0.3) is 0 Å². The van der Waals surface area contributed by atoms with Gasteiger partial charge in [-0.05, 0) is 51.1 Å². The molecule has 0 bridgehead atoms. The van der Waals surface area contributed by atoms with E-state index in [9.17, 15) is 4.79 Å². The van der Waals surface area contributed by atoms with Crippen LogP contribution in [0.5, 0.6) is 0 Å². The SMILES string of the molecule is C[C@@H]1CCCCCN(C2CCN(C3CCNCC3)CC2)C(=O)C1. The summed E-state index contributed by atoms with van der Waals surface area (Å²) in [6.07, 6.45) is 10.8. The van der Waals surface area contributed by atoms with Crippen molar-refractivity contribution in [1.82, 2.24) is 15.1 Å². The van der Waals surface area contributed by atoms with Gasteiger partial charge in [-0.15, -0.1) is 0 Å². The zero-order valence-corrected chi connectivity index (χ0v) is 14.9. The highest BCUT2D eigenvalue weighted by molar-refractivity contribution is 5.76. The van der Waals surface area contributed by atoms with E-state index >= 15 is 0 Å². The predicted molar refractivity (Wildman–Crippen MR) is 94.4 cm³/mol. The summed E-state index contributed by atoms with van der Waals surface area (Å²) in [4.78, 5) is 17.7. The van der Waals surface area contributed by atoms with Crippen molar-refractivity contribution in [2.45, 2.75) is 76.8 Å². The number of hydrogen-bond donors (Lipinski definition) is 1. The minimum absolute atomic E-state index is 0.430. The van der Waals surface area contributed by atoms with Gasteiger partial charge >= 0.3 is 0 Å². The van der Waals surface area contributed by atoms with E-state index in [1.807, 2.05) is 0 Å². The van der Waals surface area contributed by atoms with Gasteiger partial charge in [0.2, 0.25) is 5.91 Å². The Hall–Kier alpha value is -0.610. The van der Waals surface area contributed by atoms with Crippen LogP contribution in [0.2, 0.25) is 0 Å². The number of carbonyl (C=O) groups excluding carboxylic acids is 1. The fraction of sp³-hybridized carbons (Fsp3) is 0.947. The quantitative estimate of drug-likeness (QED) is 0.849. The van der Waals surface area contributed by atoms with E-state index < -0.39 is 0 Å². The maximum absolute atomic E-state index is 12.7. The van der Waals surface area contributed by atoms with Gasteiger partial charge in [-0.2, -0.15) is 0 Å². The first-order chi connectivity index (χ1) is 11.2. The Labute approximate surface area is 142 Å². The molecule has 1 atom stereocenters. The Morgan fingerprint density at radius 1 is 0.870 bits per heavy atom. The van der Waals surface area contributed by atoms with Crippen LogP contribution in [0.1, 0.15) is 64.7 Å². The zero-order valence-electron chi connectivity index (χ0n) is 14.9. The zero-order chi connectivity index (χ0) is 16.1. The average Bonchev–Trinajstić information content (AvgIpc) is 2.66. The Morgan fingerprint density at radius 2 is 1.61 bits per heavy atom. The van der Waals surface area contributed by atoms with Gasteiger partial charge in [-0.3, -0.25) is 4.79 Å².